The number of hydrogen-bond acceptors (Lipinski definition) is 3. The normalized spacial score (nSPS) is 19.5. The van der Waals surface area contributed by atoms with Gasteiger partial charge in [0.25, 0.3) is 11.8 Å². The zero-order valence-corrected chi connectivity index (χ0v) is 14.8. The maximum atomic E-state index is 13.4. The van der Waals surface area contributed by atoms with E-state index in [1.165, 1.54) is 12.1 Å². The van der Waals surface area contributed by atoms with Crippen molar-refractivity contribution in [3.63, 3.8) is 0 Å². The standard InChI is InChI=1S/C19H15F5N2O3/c20-13-1-3-15(4-2-13)26-6-5-18(29,17(26)28)16(27)25-10-11-7-12(19(22,23)24)9-14(21)8-11/h1-4,7-9,29H,5-6,10H2,(H,25,27). The minimum atomic E-state index is -4.77. The molecule has 1 unspecified atom stereocenters. The van der Waals surface area contributed by atoms with E-state index in [1.807, 2.05) is 0 Å². The summed E-state index contributed by atoms with van der Waals surface area (Å²) in [6.45, 7) is -0.543. The Morgan fingerprint density at radius 3 is 2.38 bits per heavy atom. The highest BCUT2D eigenvalue weighted by Crippen LogP contribution is 2.31. The first-order chi connectivity index (χ1) is 13.5. The minimum Gasteiger partial charge on any atom is -0.372 e. The van der Waals surface area contributed by atoms with Crippen LogP contribution in [0.1, 0.15) is 17.5 Å². The van der Waals surface area contributed by atoms with Crippen molar-refractivity contribution in [2.45, 2.75) is 24.7 Å². The van der Waals surface area contributed by atoms with Gasteiger partial charge in [0.1, 0.15) is 11.6 Å². The van der Waals surface area contributed by atoms with Crippen molar-refractivity contribution in [2.24, 2.45) is 0 Å². The van der Waals surface area contributed by atoms with Gasteiger partial charge >= 0.3 is 6.18 Å². The maximum absolute atomic E-state index is 13.4. The Bertz CT molecular complexity index is 946. The third-order valence-corrected chi connectivity index (χ3v) is 4.55. The van der Waals surface area contributed by atoms with Crippen LogP contribution >= 0.6 is 0 Å². The van der Waals surface area contributed by atoms with Crippen LogP contribution in [0.2, 0.25) is 0 Å². The molecule has 2 aromatic rings. The molecule has 1 atom stereocenters. The average molecular weight is 414 g/mol. The Hall–Kier alpha value is -3.01. The van der Waals surface area contributed by atoms with E-state index < -0.39 is 47.3 Å². The third-order valence-electron chi connectivity index (χ3n) is 4.55. The number of nitrogens with zero attached hydrogens (tertiary/aromatic N) is 1. The lowest BCUT2D eigenvalue weighted by molar-refractivity contribution is -0.149. The number of aliphatic hydroxyl groups is 1. The van der Waals surface area contributed by atoms with Crippen molar-refractivity contribution < 1.29 is 36.6 Å². The van der Waals surface area contributed by atoms with Gasteiger partial charge in [-0.05, 0) is 48.0 Å². The molecule has 0 saturated carbocycles. The Morgan fingerprint density at radius 2 is 1.76 bits per heavy atom. The minimum absolute atomic E-state index is 0.0213. The Balaban J connectivity index is 1.72. The van der Waals surface area contributed by atoms with Gasteiger partial charge in [-0.25, -0.2) is 8.78 Å². The molecule has 0 aromatic heterocycles. The van der Waals surface area contributed by atoms with E-state index in [4.69, 9.17) is 0 Å². The molecule has 1 aliphatic rings. The fourth-order valence-electron chi connectivity index (χ4n) is 3.03. The molecule has 2 aromatic carbocycles. The molecule has 1 fully saturated rings. The number of carbonyl (C=O) groups excluding carboxylic acids is 2. The second-order valence-electron chi connectivity index (χ2n) is 6.57. The number of rotatable bonds is 4. The quantitative estimate of drug-likeness (QED) is 0.597. The van der Waals surface area contributed by atoms with Gasteiger partial charge in [-0.15, -0.1) is 0 Å². The number of anilines is 1. The van der Waals surface area contributed by atoms with Crippen molar-refractivity contribution >= 4 is 17.5 Å². The SMILES string of the molecule is O=C(NCc1cc(F)cc(C(F)(F)F)c1)C1(O)CCN(c2ccc(F)cc2)C1=O. The zero-order chi connectivity index (χ0) is 21.4. The second-order valence-corrected chi connectivity index (χ2v) is 6.57. The Morgan fingerprint density at radius 1 is 1.10 bits per heavy atom. The van der Waals surface area contributed by atoms with Crippen LogP contribution < -0.4 is 10.2 Å². The fourth-order valence-corrected chi connectivity index (χ4v) is 3.03. The highest BCUT2D eigenvalue weighted by atomic mass is 19.4. The lowest BCUT2D eigenvalue weighted by Gasteiger charge is -2.22. The van der Waals surface area contributed by atoms with Gasteiger partial charge in [0, 0.05) is 25.2 Å². The van der Waals surface area contributed by atoms with Gasteiger partial charge in [-0.2, -0.15) is 13.2 Å². The van der Waals surface area contributed by atoms with E-state index in [2.05, 4.69) is 5.32 Å². The lowest BCUT2D eigenvalue weighted by Crippen LogP contribution is -2.52. The van der Waals surface area contributed by atoms with Gasteiger partial charge in [0.2, 0.25) is 5.60 Å². The fraction of sp³-hybridized carbons (Fsp3) is 0.263. The summed E-state index contributed by atoms with van der Waals surface area (Å²) >= 11 is 0. The summed E-state index contributed by atoms with van der Waals surface area (Å²) < 4.78 is 64.8. The van der Waals surface area contributed by atoms with Crippen molar-refractivity contribution in [1.82, 2.24) is 5.32 Å². The second kappa shape index (κ2) is 7.43. The summed E-state index contributed by atoms with van der Waals surface area (Å²) in [7, 11) is 0. The molecule has 2 amide bonds. The van der Waals surface area contributed by atoms with E-state index in [9.17, 15) is 36.6 Å². The molecule has 0 radical (unpaired) electrons. The topological polar surface area (TPSA) is 69.6 Å². The summed E-state index contributed by atoms with van der Waals surface area (Å²) in [5.74, 6) is -3.73. The van der Waals surface area contributed by atoms with Crippen molar-refractivity contribution in [2.75, 3.05) is 11.4 Å². The van der Waals surface area contributed by atoms with Crippen LogP contribution in [0.5, 0.6) is 0 Å². The first-order valence-electron chi connectivity index (χ1n) is 8.45. The molecular formula is C19H15F5N2O3. The molecule has 29 heavy (non-hydrogen) atoms. The molecular weight excluding hydrogens is 399 g/mol. The number of alkyl halides is 3. The molecule has 3 rings (SSSR count). The predicted octanol–water partition coefficient (Wildman–Crippen LogP) is 2.77. The summed E-state index contributed by atoms with van der Waals surface area (Å²) in [6.07, 6.45) is -5.04. The molecule has 2 N–H and O–H groups in total. The smallest absolute Gasteiger partial charge is 0.372 e. The number of nitrogens with one attached hydrogen (secondary N) is 1. The monoisotopic (exact) mass is 414 g/mol. The Kier molecular flexibility index (Phi) is 5.31. The van der Waals surface area contributed by atoms with Crippen LogP contribution in [-0.2, 0) is 22.3 Å². The molecule has 5 nitrogen and oxygen atoms in total. The van der Waals surface area contributed by atoms with Gasteiger partial charge in [0.05, 0.1) is 5.56 Å². The van der Waals surface area contributed by atoms with E-state index >= 15 is 0 Å². The van der Waals surface area contributed by atoms with Gasteiger partial charge in [-0.1, -0.05) is 0 Å². The molecule has 0 spiro atoms. The number of amides is 2. The number of hydrogen-bond donors (Lipinski definition) is 2. The van der Waals surface area contributed by atoms with Crippen molar-refractivity contribution in [3.8, 4) is 0 Å². The highest BCUT2D eigenvalue weighted by molar-refractivity contribution is 6.16. The van der Waals surface area contributed by atoms with Crippen molar-refractivity contribution in [3.05, 3.63) is 65.2 Å². The van der Waals surface area contributed by atoms with Gasteiger partial charge < -0.3 is 15.3 Å². The van der Waals surface area contributed by atoms with E-state index in [-0.39, 0.29) is 24.2 Å². The number of carbonyl (C=O) groups is 2. The zero-order valence-electron chi connectivity index (χ0n) is 14.8. The largest absolute Gasteiger partial charge is 0.416 e. The third kappa shape index (κ3) is 4.21. The number of benzene rings is 2. The first kappa shape index (κ1) is 20.7. The maximum Gasteiger partial charge on any atom is 0.416 e. The molecule has 154 valence electrons. The van der Waals surface area contributed by atoms with Crippen molar-refractivity contribution in [1.29, 1.82) is 0 Å². The summed E-state index contributed by atoms with van der Waals surface area (Å²) in [5, 5.41) is 12.7. The van der Waals surface area contributed by atoms with Crippen LogP contribution in [0.15, 0.2) is 42.5 Å². The van der Waals surface area contributed by atoms with Crippen LogP contribution in [0, 0.1) is 11.6 Å². The predicted molar refractivity (Wildman–Crippen MR) is 91.6 cm³/mol. The van der Waals surface area contributed by atoms with Gasteiger partial charge in [-0.3, -0.25) is 9.59 Å². The van der Waals surface area contributed by atoms with Crippen LogP contribution in [-0.4, -0.2) is 29.1 Å². The van der Waals surface area contributed by atoms with E-state index in [0.29, 0.717) is 12.1 Å². The summed E-state index contributed by atoms with van der Waals surface area (Å²) in [5.41, 5.74) is -3.57. The summed E-state index contributed by atoms with van der Waals surface area (Å²) in [4.78, 5) is 26.0. The first-order valence-corrected chi connectivity index (χ1v) is 8.45. The molecule has 1 heterocycles. The van der Waals surface area contributed by atoms with E-state index in [1.54, 1.807) is 0 Å². The molecule has 0 bridgehead atoms. The highest BCUT2D eigenvalue weighted by Gasteiger charge is 2.51. The molecule has 1 saturated heterocycles. The van der Waals surface area contributed by atoms with Crippen LogP contribution in [0.3, 0.4) is 0 Å². The number of halogens is 5. The van der Waals surface area contributed by atoms with Crippen LogP contribution in [0.25, 0.3) is 0 Å². The molecule has 1 aliphatic heterocycles. The molecule has 0 aliphatic carbocycles. The lowest BCUT2D eigenvalue weighted by atomic mass is 10.0. The molecule has 10 heteroatoms. The van der Waals surface area contributed by atoms with E-state index in [0.717, 1.165) is 23.1 Å². The average Bonchev–Trinajstić information content (AvgIpc) is 2.95. The Labute approximate surface area is 161 Å². The van der Waals surface area contributed by atoms with Crippen LogP contribution in [0.4, 0.5) is 27.6 Å². The summed E-state index contributed by atoms with van der Waals surface area (Å²) in [6, 6.07) is 6.63. The van der Waals surface area contributed by atoms with Gasteiger partial charge in [0.15, 0.2) is 0 Å².